The molecule has 13 heavy (non-hydrogen) atoms. The maximum absolute atomic E-state index is 13.1. The minimum Gasteiger partial charge on any atom is -0.305 e. The van der Waals surface area contributed by atoms with Gasteiger partial charge in [-0.25, -0.2) is 13.6 Å². The molecule has 0 fully saturated rings. The lowest BCUT2D eigenvalue weighted by molar-refractivity contribution is 0.588. The molecule has 0 amide bonds. The number of aryl methyl sites for hydroxylation is 1. The van der Waals surface area contributed by atoms with Gasteiger partial charge in [0.2, 0.25) is 0 Å². The van der Waals surface area contributed by atoms with Gasteiger partial charge in [-0.3, -0.25) is 4.57 Å². The quantitative estimate of drug-likeness (QED) is 0.655. The Hall–Kier alpha value is -1.65. The van der Waals surface area contributed by atoms with Gasteiger partial charge < -0.3 is 4.98 Å². The molecule has 1 aromatic carbocycles. The fourth-order valence-corrected chi connectivity index (χ4v) is 1.30. The molecule has 2 aromatic rings. The second kappa shape index (κ2) is 2.42. The third kappa shape index (κ3) is 1.04. The molecule has 3 nitrogen and oxygen atoms in total. The molecule has 0 saturated heterocycles. The number of aromatic nitrogens is 2. The van der Waals surface area contributed by atoms with Crippen LogP contribution in [0, 0.1) is 11.6 Å². The number of rotatable bonds is 0. The first kappa shape index (κ1) is 7.97. The number of nitrogens with one attached hydrogen (secondary N) is 1. The van der Waals surface area contributed by atoms with E-state index in [1.54, 1.807) is 0 Å². The fourth-order valence-electron chi connectivity index (χ4n) is 1.30. The van der Waals surface area contributed by atoms with Crippen LogP contribution < -0.4 is 5.69 Å². The molecule has 0 bridgehead atoms. The van der Waals surface area contributed by atoms with Gasteiger partial charge in [-0.05, 0) is 6.07 Å². The van der Waals surface area contributed by atoms with Crippen LogP contribution in [0.15, 0.2) is 16.9 Å². The van der Waals surface area contributed by atoms with Gasteiger partial charge in [0.05, 0.1) is 5.52 Å². The average molecular weight is 184 g/mol. The molecule has 1 aromatic heterocycles. The molecule has 0 spiro atoms. The third-order valence-electron chi connectivity index (χ3n) is 1.91. The summed E-state index contributed by atoms with van der Waals surface area (Å²) in [5.74, 6) is -1.44. The summed E-state index contributed by atoms with van der Waals surface area (Å²) in [6, 6.07) is 1.83. The van der Waals surface area contributed by atoms with Crippen molar-refractivity contribution in [2.45, 2.75) is 0 Å². The highest BCUT2D eigenvalue weighted by Crippen LogP contribution is 2.15. The van der Waals surface area contributed by atoms with E-state index in [9.17, 15) is 13.6 Å². The van der Waals surface area contributed by atoms with Crippen molar-refractivity contribution in [3.63, 3.8) is 0 Å². The largest absolute Gasteiger partial charge is 0.326 e. The Morgan fingerprint density at radius 3 is 2.77 bits per heavy atom. The number of halogens is 2. The van der Waals surface area contributed by atoms with E-state index >= 15 is 0 Å². The van der Waals surface area contributed by atoms with Gasteiger partial charge >= 0.3 is 5.69 Å². The highest BCUT2D eigenvalue weighted by molar-refractivity contribution is 5.75. The van der Waals surface area contributed by atoms with Crippen LogP contribution >= 0.6 is 0 Å². The lowest BCUT2D eigenvalue weighted by Gasteiger charge is -1.95. The fraction of sp³-hybridized carbons (Fsp3) is 0.125. The van der Waals surface area contributed by atoms with Crippen molar-refractivity contribution in [3.8, 4) is 0 Å². The number of benzene rings is 1. The van der Waals surface area contributed by atoms with E-state index in [0.717, 1.165) is 16.7 Å². The molecule has 0 aliphatic carbocycles. The maximum atomic E-state index is 13.1. The Bertz CT molecular complexity index is 527. The van der Waals surface area contributed by atoms with Gasteiger partial charge in [0.15, 0.2) is 5.82 Å². The third-order valence-corrected chi connectivity index (χ3v) is 1.91. The number of hydrogen-bond donors (Lipinski definition) is 1. The Morgan fingerprint density at radius 2 is 2.08 bits per heavy atom. The molecule has 68 valence electrons. The van der Waals surface area contributed by atoms with Gasteiger partial charge in [-0.2, -0.15) is 0 Å². The summed E-state index contributed by atoms with van der Waals surface area (Å²) in [5.41, 5.74) is -0.198. The highest BCUT2D eigenvalue weighted by Gasteiger charge is 2.09. The summed E-state index contributed by atoms with van der Waals surface area (Å²) < 4.78 is 26.9. The molecule has 0 aliphatic heterocycles. The molecule has 2 rings (SSSR count). The van der Waals surface area contributed by atoms with E-state index in [0.29, 0.717) is 0 Å². The number of nitrogens with zero attached hydrogens (tertiary/aromatic N) is 1. The number of imidazole rings is 1. The second-order valence-electron chi connectivity index (χ2n) is 2.77. The van der Waals surface area contributed by atoms with Gasteiger partial charge in [0, 0.05) is 13.1 Å². The molecule has 0 unspecified atom stereocenters. The van der Waals surface area contributed by atoms with E-state index in [-0.39, 0.29) is 11.0 Å². The standard InChI is InChI=1S/C8H6F2N2O/c1-12-7-5(10)2-4(9)3-6(7)11-8(12)13/h2-3H,1H3,(H,11,13). The molecule has 0 radical (unpaired) electrons. The van der Waals surface area contributed by atoms with Crippen LogP contribution in [0.4, 0.5) is 8.78 Å². The number of fused-ring (bicyclic) bond motifs is 1. The molecular formula is C8H6F2N2O. The van der Waals surface area contributed by atoms with Crippen molar-refractivity contribution in [3.05, 3.63) is 34.3 Å². The van der Waals surface area contributed by atoms with E-state index in [2.05, 4.69) is 4.98 Å². The van der Waals surface area contributed by atoms with Gasteiger partial charge in [-0.1, -0.05) is 0 Å². The van der Waals surface area contributed by atoms with E-state index < -0.39 is 17.3 Å². The van der Waals surface area contributed by atoms with Crippen molar-refractivity contribution in [2.24, 2.45) is 7.05 Å². The zero-order valence-electron chi connectivity index (χ0n) is 6.77. The summed E-state index contributed by atoms with van der Waals surface area (Å²) in [6.07, 6.45) is 0. The highest BCUT2D eigenvalue weighted by atomic mass is 19.1. The van der Waals surface area contributed by atoms with E-state index in [1.807, 2.05) is 0 Å². The van der Waals surface area contributed by atoms with Crippen LogP contribution in [-0.2, 0) is 7.05 Å². The lowest BCUT2D eigenvalue weighted by Crippen LogP contribution is -2.12. The summed E-state index contributed by atoms with van der Waals surface area (Å²) in [4.78, 5) is 13.4. The smallest absolute Gasteiger partial charge is 0.305 e. The molecule has 5 heteroatoms. The number of H-pyrrole nitrogens is 1. The number of aromatic amines is 1. The predicted molar refractivity (Wildman–Crippen MR) is 43.5 cm³/mol. The lowest BCUT2D eigenvalue weighted by atomic mass is 10.3. The van der Waals surface area contributed by atoms with Gasteiger partial charge in [0.1, 0.15) is 11.3 Å². The van der Waals surface area contributed by atoms with Crippen molar-refractivity contribution < 1.29 is 8.78 Å². The first-order valence-electron chi connectivity index (χ1n) is 3.63. The van der Waals surface area contributed by atoms with Crippen molar-refractivity contribution in [2.75, 3.05) is 0 Å². The van der Waals surface area contributed by atoms with Crippen molar-refractivity contribution in [1.82, 2.24) is 9.55 Å². The average Bonchev–Trinajstić information content (AvgIpc) is 2.27. The normalized spacial score (nSPS) is 11.0. The summed E-state index contributed by atoms with van der Waals surface area (Å²) >= 11 is 0. The minimum absolute atomic E-state index is 0.0893. The van der Waals surface area contributed by atoms with Crippen LogP contribution in [0.2, 0.25) is 0 Å². The maximum Gasteiger partial charge on any atom is 0.326 e. The molecule has 0 saturated carbocycles. The van der Waals surface area contributed by atoms with Crippen LogP contribution in [-0.4, -0.2) is 9.55 Å². The zero-order chi connectivity index (χ0) is 9.59. The zero-order valence-corrected chi connectivity index (χ0v) is 6.77. The van der Waals surface area contributed by atoms with Crippen LogP contribution in [0.3, 0.4) is 0 Å². The van der Waals surface area contributed by atoms with E-state index in [1.165, 1.54) is 7.05 Å². The van der Waals surface area contributed by atoms with Crippen LogP contribution in [0.5, 0.6) is 0 Å². The first-order chi connectivity index (χ1) is 6.09. The topological polar surface area (TPSA) is 37.8 Å². The second-order valence-corrected chi connectivity index (χ2v) is 2.77. The van der Waals surface area contributed by atoms with E-state index in [4.69, 9.17) is 0 Å². The molecular weight excluding hydrogens is 178 g/mol. The summed E-state index contributed by atoms with van der Waals surface area (Å²) in [7, 11) is 1.42. The Labute approximate surface area is 71.6 Å². The molecule has 0 atom stereocenters. The summed E-state index contributed by atoms with van der Waals surface area (Å²) in [5, 5.41) is 0. The number of hydrogen-bond acceptors (Lipinski definition) is 1. The Balaban J connectivity index is 3.03. The van der Waals surface area contributed by atoms with Crippen molar-refractivity contribution in [1.29, 1.82) is 0 Å². The monoisotopic (exact) mass is 184 g/mol. The minimum atomic E-state index is -0.740. The van der Waals surface area contributed by atoms with Crippen molar-refractivity contribution >= 4 is 11.0 Å². The van der Waals surface area contributed by atoms with Crippen LogP contribution in [0.1, 0.15) is 0 Å². The summed E-state index contributed by atoms with van der Waals surface area (Å²) in [6.45, 7) is 0. The molecule has 1 N–H and O–H groups in total. The van der Waals surface area contributed by atoms with Gasteiger partial charge in [-0.15, -0.1) is 0 Å². The molecule has 1 heterocycles. The first-order valence-corrected chi connectivity index (χ1v) is 3.63. The Kier molecular flexibility index (Phi) is 1.48. The molecule has 0 aliphatic rings. The van der Waals surface area contributed by atoms with Gasteiger partial charge in [0.25, 0.3) is 0 Å². The SMILES string of the molecule is Cn1c(=O)[nH]c2cc(F)cc(F)c21. The Morgan fingerprint density at radius 1 is 1.38 bits per heavy atom. The van der Waals surface area contributed by atoms with Crippen LogP contribution in [0.25, 0.3) is 11.0 Å². The predicted octanol–water partition coefficient (Wildman–Crippen LogP) is 1.14.